The van der Waals surface area contributed by atoms with Gasteiger partial charge in [0.1, 0.15) is 0 Å². The number of aliphatic carboxylic acids is 1. The Bertz CT molecular complexity index is 441. The summed E-state index contributed by atoms with van der Waals surface area (Å²) in [6, 6.07) is 8.09. The van der Waals surface area contributed by atoms with E-state index in [1.165, 1.54) is 5.56 Å². The Labute approximate surface area is 131 Å². The number of hydrogen-bond donors (Lipinski definition) is 2. The van der Waals surface area contributed by atoms with Crippen molar-refractivity contribution in [1.29, 1.82) is 0 Å². The van der Waals surface area contributed by atoms with Crippen LogP contribution < -0.4 is 0 Å². The van der Waals surface area contributed by atoms with E-state index in [9.17, 15) is 5.11 Å². The van der Waals surface area contributed by atoms with Crippen molar-refractivity contribution in [2.75, 3.05) is 0 Å². The number of hydrogen-bond acceptors (Lipinski definition) is 2. The van der Waals surface area contributed by atoms with Crippen LogP contribution in [-0.4, -0.2) is 37.2 Å². The average molecular weight is 364 g/mol. The Morgan fingerprint density at radius 1 is 1.35 bits per heavy atom. The number of carbonyl (C=O) groups is 1. The standard InChI is InChI=1S/C13H17ClOSe.C2H4O2/c1-13(2)8-11(15)7-12(16-13)9-3-5-10(14)6-4-9;1-2(3)4/h3-6,11-12,15H,7-8H2,1-2H3;1H3,(H,3,4)/t11-,12-;/m0./s1. The van der Waals surface area contributed by atoms with Gasteiger partial charge in [-0.2, -0.15) is 0 Å². The second-order valence-corrected chi connectivity index (χ2v) is 9.97. The molecule has 1 aliphatic heterocycles. The number of rotatable bonds is 1. The molecule has 1 heterocycles. The number of aliphatic hydroxyl groups excluding tert-OH is 1. The minimum absolute atomic E-state index is 0.147. The summed E-state index contributed by atoms with van der Waals surface area (Å²) in [6.07, 6.45) is 1.70. The molecule has 0 spiro atoms. The summed E-state index contributed by atoms with van der Waals surface area (Å²) in [5, 5.41) is 18.1. The zero-order valence-corrected chi connectivity index (χ0v) is 14.4. The van der Waals surface area contributed by atoms with Gasteiger partial charge in [-0.05, 0) is 0 Å². The van der Waals surface area contributed by atoms with Gasteiger partial charge in [0, 0.05) is 6.92 Å². The van der Waals surface area contributed by atoms with Crippen molar-refractivity contribution in [3.05, 3.63) is 34.9 Å². The first kappa shape index (κ1) is 17.5. The summed E-state index contributed by atoms with van der Waals surface area (Å²) in [4.78, 5) is 9.53. The molecule has 2 atom stereocenters. The van der Waals surface area contributed by atoms with Crippen LogP contribution in [0, 0.1) is 0 Å². The van der Waals surface area contributed by atoms with E-state index in [2.05, 4.69) is 26.0 Å². The molecule has 1 aromatic rings. The molecule has 0 amide bonds. The van der Waals surface area contributed by atoms with Gasteiger partial charge in [-0.3, -0.25) is 4.79 Å². The van der Waals surface area contributed by atoms with E-state index in [0.29, 0.717) is 24.1 Å². The molecule has 0 saturated carbocycles. The SMILES string of the molecule is CC(=O)O.CC1(C)C[C@@H](O)C[C@@H](c2ccc(Cl)cc2)[Se]1. The van der Waals surface area contributed by atoms with E-state index in [1.807, 2.05) is 12.1 Å². The molecule has 1 aromatic carbocycles. The Balaban J connectivity index is 0.000000444. The van der Waals surface area contributed by atoms with Crippen molar-refractivity contribution in [1.82, 2.24) is 0 Å². The van der Waals surface area contributed by atoms with Crippen LogP contribution in [0.3, 0.4) is 0 Å². The molecule has 112 valence electrons. The van der Waals surface area contributed by atoms with Gasteiger partial charge in [-0.1, -0.05) is 0 Å². The number of halogens is 1. The van der Waals surface area contributed by atoms with Gasteiger partial charge in [-0.25, -0.2) is 0 Å². The molecule has 1 aliphatic rings. The van der Waals surface area contributed by atoms with Gasteiger partial charge in [-0.15, -0.1) is 0 Å². The summed E-state index contributed by atoms with van der Waals surface area (Å²) >= 11 is 6.43. The number of carboxylic acids is 1. The average Bonchev–Trinajstić information content (AvgIpc) is 2.26. The maximum absolute atomic E-state index is 9.92. The van der Waals surface area contributed by atoms with Gasteiger partial charge < -0.3 is 5.11 Å². The zero-order chi connectivity index (χ0) is 15.3. The Morgan fingerprint density at radius 3 is 2.30 bits per heavy atom. The Morgan fingerprint density at radius 2 is 1.85 bits per heavy atom. The molecule has 3 nitrogen and oxygen atoms in total. The van der Waals surface area contributed by atoms with E-state index in [0.717, 1.165) is 24.8 Å². The van der Waals surface area contributed by atoms with Crippen molar-refractivity contribution in [2.24, 2.45) is 0 Å². The van der Waals surface area contributed by atoms with Gasteiger partial charge in [0.25, 0.3) is 5.97 Å². The fraction of sp³-hybridized carbons (Fsp3) is 0.533. The first-order chi connectivity index (χ1) is 9.19. The van der Waals surface area contributed by atoms with Crippen LogP contribution in [0.15, 0.2) is 24.3 Å². The summed E-state index contributed by atoms with van der Waals surface area (Å²) in [5.41, 5.74) is 1.33. The van der Waals surface area contributed by atoms with E-state index in [4.69, 9.17) is 21.5 Å². The zero-order valence-electron chi connectivity index (χ0n) is 12.0. The van der Waals surface area contributed by atoms with Crippen LogP contribution in [0.4, 0.5) is 0 Å². The second-order valence-electron chi connectivity index (χ2n) is 5.53. The van der Waals surface area contributed by atoms with Crippen LogP contribution in [0.1, 0.15) is 44.0 Å². The maximum atomic E-state index is 9.92. The second kappa shape index (κ2) is 7.46. The third kappa shape index (κ3) is 6.27. The number of carboxylic acid groups (broad SMARTS) is 1. The molecule has 1 fully saturated rings. The van der Waals surface area contributed by atoms with Crippen molar-refractivity contribution < 1.29 is 15.0 Å². The van der Waals surface area contributed by atoms with Crippen LogP contribution in [0.2, 0.25) is 9.34 Å². The van der Waals surface area contributed by atoms with Crippen LogP contribution in [0.5, 0.6) is 0 Å². The topological polar surface area (TPSA) is 57.5 Å². The molecule has 2 rings (SSSR count). The molecule has 0 aromatic heterocycles. The molecule has 0 unspecified atom stereocenters. The fourth-order valence-corrected chi connectivity index (χ4v) is 5.89. The predicted octanol–water partition coefficient (Wildman–Crippen LogP) is 3.53. The first-order valence-electron chi connectivity index (χ1n) is 6.50. The molecule has 2 N–H and O–H groups in total. The molecule has 20 heavy (non-hydrogen) atoms. The van der Waals surface area contributed by atoms with Crippen molar-refractivity contribution in [3.63, 3.8) is 0 Å². The Kier molecular flexibility index (Phi) is 6.53. The number of aliphatic hydroxyl groups is 1. The third-order valence-corrected chi connectivity index (χ3v) is 6.43. The summed E-state index contributed by atoms with van der Waals surface area (Å²) in [7, 11) is 0. The van der Waals surface area contributed by atoms with Gasteiger partial charge >= 0.3 is 108 Å². The van der Waals surface area contributed by atoms with Gasteiger partial charge in [0.05, 0.1) is 0 Å². The molecular weight excluding hydrogens is 343 g/mol. The van der Waals surface area contributed by atoms with Crippen molar-refractivity contribution in [3.8, 4) is 0 Å². The van der Waals surface area contributed by atoms with Crippen LogP contribution in [0.25, 0.3) is 0 Å². The molecule has 0 radical (unpaired) electrons. The summed E-state index contributed by atoms with van der Waals surface area (Å²) < 4.78 is 0.301. The molecule has 0 bridgehead atoms. The van der Waals surface area contributed by atoms with E-state index in [-0.39, 0.29) is 6.10 Å². The summed E-state index contributed by atoms with van der Waals surface area (Å²) in [6.45, 7) is 5.61. The van der Waals surface area contributed by atoms with Crippen molar-refractivity contribution >= 4 is 32.5 Å². The molecule has 5 heteroatoms. The van der Waals surface area contributed by atoms with Gasteiger partial charge in [0.15, 0.2) is 0 Å². The Hall–Kier alpha value is -0.541. The van der Waals surface area contributed by atoms with Gasteiger partial charge in [0.2, 0.25) is 0 Å². The quantitative estimate of drug-likeness (QED) is 0.750. The monoisotopic (exact) mass is 364 g/mol. The minimum atomic E-state index is -0.833. The fourth-order valence-electron chi connectivity index (χ4n) is 2.26. The first-order valence-corrected chi connectivity index (χ1v) is 8.73. The molecule has 1 saturated heterocycles. The summed E-state index contributed by atoms with van der Waals surface area (Å²) in [5.74, 6) is -0.833. The normalized spacial score (nSPS) is 24.4. The third-order valence-electron chi connectivity index (χ3n) is 2.92. The van der Waals surface area contributed by atoms with E-state index >= 15 is 0 Å². The van der Waals surface area contributed by atoms with Crippen LogP contribution in [-0.2, 0) is 4.79 Å². The van der Waals surface area contributed by atoms with E-state index in [1.54, 1.807) is 0 Å². The van der Waals surface area contributed by atoms with Crippen LogP contribution >= 0.6 is 11.6 Å². The van der Waals surface area contributed by atoms with Crippen molar-refractivity contribution in [2.45, 2.75) is 48.8 Å². The predicted molar refractivity (Wildman–Crippen MR) is 82.5 cm³/mol. The number of benzene rings is 1. The van der Waals surface area contributed by atoms with E-state index < -0.39 is 5.97 Å². The molecular formula is C15H21ClO3Se. The molecule has 0 aliphatic carbocycles.